The Kier molecular flexibility index (Phi) is 11.2. The first-order valence-corrected chi connectivity index (χ1v) is 14.3. The fourth-order valence-electron chi connectivity index (χ4n) is 6.26. The van der Waals surface area contributed by atoms with Crippen molar-refractivity contribution in [2.45, 2.75) is 146 Å². The lowest BCUT2D eigenvalue weighted by molar-refractivity contribution is -0.354. The standard InChI is InChI=1S/C31H56F3NO2/c1-13-18-36-22(2)37-30(31(32,33)34)17-15-14-16-24(30)25(20-26(3,4)5)29(11,12)28(9,10)19-23(21-35)27(6,7)8/h22-25H,13-20H2,1-12H3. The molecule has 37 heavy (non-hydrogen) atoms. The van der Waals surface area contributed by atoms with Crippen LogP contribution in [0, 0.1) is 50.7 Å². The van der Waals surface area contributed by atoms with Crippen molar-refractivity contribution in [3.8, 4) is 6.07 Å². The van der Waals surface area contributed by atoms with Crippen molar-refractivity contribution in [2.75, 3.05) is 6.61 Å². The molecule has 0 bridgehead atoms. The maximum atomic E-state index is 15.2. The zero-order valence-electron chi connectivity index (χ0n) is 25.9. The number of alkyl halides is 3. The molecule has 0 aliphatic heterocycles. The molecule has 218 valence electrons. The van der Waals surface area contributed by atoms with Gasteiger partial charge in [0.25, 0.3) is 0 Å². The molecular formula is C31H56F3NO2. The Morgan fingerprint density at radius 2 is 1.51 bits per heavy atom. The number of hydrogen-bond donors (Lipinski definition) is 0. The van der Waals surface area contributed by atoms with Crippen LogP contribution >= 0.6 is 0 Å². The SMILES string of the molecule is CCCOC(C)OC1(C(F)(F)F)CCCCC1C(CC(C)(C)C)C(C)(C)C(C)(C)CC(C#N)C(C)(C)C. The van der Waals surface area contributed by atoms with Crippen LogP contribution in [-0.4, -0.2) is 24.7 Å². The van der Waals surface area contributed by atoms with Crippen LogP contribution in [0.5, 0.6) is 0 Å². The van der Waals surface area contributed by atoms with Crippen LogP contribution in [0.15, 0.2) is 0 Å². The Bertz CT molecular complexity index is 754. The lowest BCUT2D eigenvalue weighted by Gasteiger charge is -2.57. The molecule has 0 amide bonds. The summed E-state index contributed by atoms with van der Waals surface area (Å²) in [6.45, 7) is 25.0. The third-order valence-corrected chi connectivity index (χ3v) is 9.23. The molecule has 0 N–H and O–H groups in total. The average Bonchev–Trinajstić information content (AvgIpc) is 2.72. The topological polar surface area (TPSA) is 42.2 Å². The van der Waals surface area contributed by atoms with Crippen LogP contribution in [0.1, 0.15) is 128 Å². The molecule has 0 heterocycles. The van der Waals surface area contributed by atoms with Gasteiger partial charge < -0.3 is 9.47 Å². The van der Waals surface area contributed by atoms with E-state index in [9.17, 15) is 5.26 Å². The number of ether oxygens (including phenoxy) is 2. The van der Waals surface area contributed by atoms with Gasteiger partial charge in [-0.25, -0.2) is 0 Å². The largest absolute Gasteiger partial charge is 0.417 e. The summed E-state index contributed by atoms with van der Waals surface area (Å²) in [5.74, 6) is -1.16. The smallest absolute Gasteiger partial charge is 0.353 e. The predicted molar refractivity (Wildman–Crippen MR) is 146 cm³/mol. The second-order valence-corrected chi connectivity index (χ2v) is 15.0. The van der Waals surface area contributed by atoms with Crippen LogP contribution in [0.4, 0.5) is 13.2 Å². The van der Waals surface area contributed by atoms with Gasteiger partial charge in [0.05, 0.1) is 12.0 Å². The second kappa shape index (κ2) is 12.2. The summed E-state index contributed by atoms with van der Waals surface area (Å²) in [5.41, 5.74) is -3.50. The lowest BCUT2D eigenvalue weighted by Crippen LogP contribution is -2.61. The molecule has 5 unspecified atom stereocenters. The zero-order chi connectivity index (χ0) is 29.1. The van der Waals surface area contributed by atoms with Crippen LogP contribution in [0.25, 0.3) is 0 Å². The molecule has 3 nitrogen and oxygen atoms in total. The number of hydrogen-bond acceptors (Lipinski definition) is 3. The van der Waals surface area contributed by atoms with Gasteiger partial charge in [0.15, 0.2) is 11.9 Å². The highest BCUT2D eigenvalue weighted by Crippen LogP contribution is 2.61. The van der Waals surface area contributed by atoms with Crippen molar-refractivity contribution in [1.82, 2.24) is 0 Å². The Morgan fingerprint density at radius 3 is 1.95 bits per heavy atom. The van der Waals surface area contributed by atoms with Crippen LogP contribution < -0.4 is 0 Å². The molecule has 1 saturated carbocycles. The third-order valence-electron chi connectivity index (χ3n) is 9.23. The van der Waals surface area contributed by atoms with E-state index in [4.69, 9.17) is 9.47 Å². The van der Waals surface area contributed by atoms with E-state index >= 15 is 13.2 Å². The number of nitrogens with zero attached hydrogens (tertiary/aromatic N) is 1. The quantitative estimate of drug-likeness (QED) is 0.249. The molecule has 0 spiro atoms. The van der Waals surface area contributed by atoms with Crippen molar-refractivity contribution in [1.29, 1.82) is 5.26 Å². The normalized spacial score (nSPS) is 24.9. The summed E-state index contributed by atoms with van der Waals surface area (Å²) in [5, 5.41) is 9.99. The van der Waals surface area contributed by atoms with E-state index in [1.165, 1.54) is 0 Å². The van der Waals surface area contributed by atoms with Crippen LogP contribution in [0.2, 0.25) is 0 Å². The van der Waals surface area contributed by atoms with Crippen molar-refractivity contribution in [3.05, 3.63) is 0 Å². The summed E-state index contributed by atoms with van der Waals surface area (Å²) in [6, 6.07) is 2.50. The number of nitriles is 1. The lowest BCUT2D eigenvalue weighted by atomic mass is 9.49. The summed E-state index contributed by atoms with van der Waals surface area (Å²) >= 11 is 0. The molecular weight excluding hydrogens is 475 g/mol. The summed E-state index contributed by atoms with van der Waals surface area (Å²) in [4.78, 5) is 0. The first-order chi connectivity index (χ1) is 16.6. The highest BCUT2D eigenvalue weighted by Gasteiger charge is 2.65. The van der Waals surface area contributed by atoms with E-state index in [1.54, 1.807) is 6.92 Å². The molecule has 5 atom stereocenters. The van der Waals surface area contributed by atoms with Gasteiger partial charge in [-0.2, -0.15) is 18.4 Å². The maximum Gasteiger partial charge on any atom is 0.417 e. The number of rotatable bonds is 11. The van der Waals surface area contributed by atoms with E-state index < -0.39 is 29.4 Å². The van der Waals surface area contributed by atoms with Gasteiger partial charge in [-0.1, -0.05) is 89.0 Å². The molecule has 1 fully saturated rings. The van der Waals surface area contributed by atoms with Crippen LogP contribution in [0.3, 0.4) is 0 Å². The fraction of sp³-hybridized carbons (Fsp3) is 0.968. The summed E-state index contributed by atoms with van der Waals surface area (Å²) in [7, 11) is 0. The molecule has 0 saturated heterocycles. The van der Waals surface area contributed by atoms with Crippen molar-refractivity contribution in [2.24, 2.45) is 39.4 Å². The van der Waals surface area contributed by atoms with E-state index in [-0.39, 0.29) is 34.5 Å². The van der Waals surface area contributed by atoms with E-state index in [2.05, 4.69) is 75.3 Å². The third kappa shape index (κ3) is 8.34. The van der Waals surface area contributed by atoms with Gasteiger partial charge in [-0.15, -0.1) is 0 Å². The fourth-order valence-corrected chi connectivity index (χ4v) is 6.26. The molecule has 0 aromatic carbocycles. The Morgan fingerprint density at radius 1 is 0.946 bits per heavy atom. The minimum atomic E-state index is -4.52. The average molecular weight is 532 g/mol. The van der Waals surface area contributed by atoms with Gasteiger partial charge >= 0.3 is 6.18 Å². The molecule has 0 radical (unpaired) electrons. The first kappa shape index (κ1) is 34.2. The Labute approximate surface area is 226 Å². The Hall–Kier alpha value is -0.800. The molecule has 1 rings (SSSR count). The zero-order valence-corrected chi connectivity index (χ0v) is 25.9. The van der Waals surface area contributed by atoms with E-state index in [0.717, 1.165) is 12.8 Å². The van der Waals surface area contributed by atoms with Crippen molar-refractivity contribution in [3.63, 3.8) is 0 Å². The predicted octanol–water partition coefficient (Wildman–Crippen LogP) is 9.95. The molecule has 0 aromatic heterocycles. The monoisotopic (exact) mass is 531 g/mol. The Balaban J connectivity index is 3.69. The van der Waals surface area contributed by atoms with Gasteiger partial charge in [0, 0.05) is 12.5 Å². The van der Waals surface area contributed by atoms with Crippen molar-refractivity contribution >= 4 is 0 Å². The molecule has 6 heteroatoms. The highest BCUT2D eigenvalue weighted by atomic mass is 19.4. The van der Waals surface area contributed by atoms with Crippen LogP contribution in [-0.2, 0) is 9.47 Å². The molecule has 1 aliphatic rings. The van der Waals surface area contributed by atoms with Gasteiger partial charge in [0.2, 0.25) is 0 Å². The molecule has 0 aromatic rings. The summed E-state index contributed by atoms with van der Waals surface area (Å²) in [6.07, 6.45) is -1.77. The minimum Gasteiger partial charge on any atom is -0.353 e. The first-order valence-electron chi connectivity index (χ1n) is 14.3. The summed E-state index contributed by atoms with van der Waals surface area (Å²) < 4.78 is 57.3. The van der Waals surface area contributed by atoms with Gasteiger partial charge in [-0.3, -0.25) is 0 Å². The van der Waals surface area contributed by atoms with E-state index in [0.29, 0.717) is 32.3 Å². The van der Waals surface area contributed by atoms with Crippen molar-refractivity contribution < 1.29 is 22.6 Å². The van der Waals surface area contributed by atoms with Gasteiger partial charge in [0.1, 0.15) is 0 Å². The number of halogens is 3. The molecule has 1 aliphatic carbocycles. The minimum absolute atomic E-state index is 0.0407. The second-order valence-electron chi connectivity index (χ2n) is 15.0. The maximum absolute atomic E-state index is 15.2. The van der Waals surface area contributed by atoms with E-state index in [1.807, 2.05) is 6.92 Å². The highest BCUT2D eigenvalue weighted by molar-refractivity contribution is 5.07. The van der Waals surface area contributed by atoms with Gasteiger partial charge in [-0.05, 0) is 66.6 Å².